The van der Waals surface area contributed by atoms with Crippen LogP contribution in [0, 0.1) is 5.92 Å². The average molecular weight is 221 g/mol. The van der Waals surface area contributed by atoms with Gasteiger partial charge in [0.25, 0.3) is 0 Å². The lowest BCUT2D eigenvalue weighted by Crippen LogP contribution is -2.27. The molecule has 1 amide bonds. The molecular weight excluding hydrogens is 206 g/mol. The second kappa shape index (κ2) is 4.99. The van der Waals surface area contributed by atoms with Crippen molar-refractivity contribution in [1.82, 2.24) is 5.32 Å². The fourth-order valence-electron chi connectivity index (χ4n) is 1.54. The summed E-state index contributed by atoms with van der Waals surface area (Å²) in [6, 6.07) is 9.62. The summed E-state index contributed by atoms with van der Waals surface area (Å²) in [5, 5.41) is 11.5. The summed E-state index contributed by atoms with van der Waals surface area (Å²) in [5.74, 6) is 0.212. The van der Waals surface area contributed by atoms with Crippen LogP contribution >= 0.6 is 0 Å². The molecule has 0 aromatic heterocycles. The van der Waals surface area contributed by atoms with E-state index in [1.54, 1.807) is 0 Å². The predicted octanol–water partition coefficient (Wildman–Crippen LogP) is 1.29. The van der Waals surface area contributed by atoms with Crippen molar-refractivity contribution in [3.8, 4) is 0 Å². The molecule has 0 bridgehead atoms. The van der Waals surface area contributed by atoms with E-state index in [2.05, 4.69) is 5.32 Å². The van der Waals surface area contributed by atoms with Crippen LogP contribution in [0.1, 0.15) is 12.0 Å². The molecule has 4 nitrogen and oxygen atoms in total. The molecule has 0 saturated heterocycles. The summed E-state index contributed by atoms with van der Waals surface area (Å²) < 4.78 is 5.04. The Morgan fingerprint density at radius 3 is 2.81 bits per heavy atom. The van der Waals surface area contributed by atoms with Crippen molar-refractivity contribution in [2.75, 3.05) is 6.61 Å². The van der Waals surface area contributed by atoms with E-state index in [0.717, 1.165) is 12.0 Å². The molecule has 0 unspecified atom stereocenters. The zero-order valence-electron chi connectivity index (χ0n) is 8.93. The van der Waals surface area contributed by atoms with Crippen molar-refractivity contribution in [2.24, 2.45) is 5.92 Å². The molecule has 86 valence electrons. The Bertz CT molecular complexity index is 353. The number of aliphatic hydroxyl groups is 1. The van der Waals surface area contributed by atoms with Gasteiger partial charge in [-0.1, -0.05) is 30.3 Å². The Kier molecular flexibility index (Phi) is 3.41. The highest BCUT2D eigenvalue weighted by molar-refractivity contribution is 5.68. The van der Waals surface area contributed by atoms with E-state index in [4.69, 9.17) is 9.84 Å². The van der Waals surface area contributed by atoms with Crippen LogP contribution in [0.4, 0.5) is 4.79 Å². The molecular formula is C12H15NO3. The zero-order chi connectivity index (χ0) is 11.4. The van der Waals surface area contributed by atoms with Crippen molar-refractivity contribution in [1.29, 1.82) is 0 Å². The maximum atomic E-state index is 11.3. The minimum Gasteiger partial charge on any atom is -0.445 e. The molecule has 0 aliphatic heterocycles. The third-order valence-electron chi connectivity index (χ3n) is 2.67. The van der Waals surface area contributed by atoms with Crippen LogP contribution in [0.2, 0.25) is 0 Å². The van der Waals surface area contributed by atoms with E-state index >= 15 is 0 Å². The number of ether oxygens (including phenoxy) is 1. The smallest absolute Gasteiger partial charge is 0.407 e. The number of alkyl carbamates (subject to hydrolysis) is 1. The highest BCUT2D eigenvalue weighted by atomic mass is 16.5. The summed E-state index contributed by atoms with van der Waals surface area (Å²) >= 11 is 0. The predicted molar refractivity (Wildman–Crippen MR) is 58.7 cm³/mol. The molecule has 1 aliphatic rings. The lowest BCUT2D eigenvalue weighted by Gasteiger charge is -2.06. The molecule has 1 fully saturated rings. The van der Waals surface area contributed by atoms with Gasteiger partial charge in [0, 0.05) is 18.6 Å². The summed E-state index contributed by atoms with van der Waals surface area (Å²) in [4.78, 5) is 11.3. The van der Waals surface area contributed by atoms with Crippen molar-refractivity contribution < 1.29 is 14.6 Å². The largest absolute Gasteiger partial charge is 0.445 e. The lowest BCUT2D eigenvalue weighted by atomic mass is 10.2. The van der Waals surface area contributed by atoms with E-state index in [-0.39, 0.29) is 25.2 Å². The molecule has 0 spiro atoms. The van der Waals surface area contributed by atoms with Crippen LogP contribution in [-0.2, 0) is 11.3 Å². The molecule has 0 radical (unpaired) electrons. The summed E-state index contributed by atoms with van der Waals surface area (Å²) in [5.41, 5.74) is 0.965. The number of aliphatic hydroxyl groups excluding tert-OH is 1. The first-order chi connectivity index (χ1) is 7.79. The number of hydrogen-bond acceptors (Lipinski definition) is 3. The molecule has 16 heavy (non-hydrogen) atoms. The monoisotopic (exact) mass is 221 g/mol. The maximum Gasteiger partial charge on any atom is 0.407 e. The molecule has 1 saturated carbocycles. The highest BCUT2D eigenvalue weighted by Gasteiger charge is 2.37. The molecule has 2 atom stereocenters. The van der Waals surface area contributed by atoms with E-state index in [0.29, 0.717) is 0 Å². The molecule has 0 heterocycles. The second-order valence-electron chi connectivity index (χ2n) is 3.99. The minimum absolute atomic E-state index is 0.0910. The number of carbonyl (C=O) groups excluding carboxylic acids is 1. The molecule has 2 N–H and O–H groups in total. The minimum atomic E-state index is -0.412. The van der Waals surface area contributed by atoms with Crippen LogP contribution in [0.25, 0.3) is 0 Å². The number of hydrogen-bond donors (Lipinski definition) is 2. The Balaban J connectivity index is 1.69. The quantitative estimate of drug-likeness (QED) is 0.805. The van der Waals surface area contributed by atoms with Gasteiger partial charge >= 0.3 is 6.09 Å². The van der Waals surface area contributed by atoms with Crippen molar-refractivity contribution in [3.63, 3.8) is 0 Å². The third-order valence-corrected chi connectivity index (χ3v) is 2.67. The van der Waals surface area contributed by atoms with E-state index in [9.17, 15) is 4.79 Å². The van der Waals surface area contributed by atoms with Crippen LogP contribution < -0.4 is 5.32 Å². The fourth-order valence-corrected chi connectivity index (χ4v) is 1.54. The Hall–Kier alpha value is -1.55. The third kappa shape index (κ3) is 2.97. The summed E-state index contributed by atoms with van der Waals surface area (Å²) in [7, 11) is 0. The molecule has 1 aromatic rings. The summed E-state index contributed by atoms with van der Waals surface area (Å²) in [6.45, 7) is 0.410. The van der Waals surface area contributed by atoms with Crippen molar-refractivity contribution in [2.45, 2.75) is 19.1 Å². The average Bonchev–Trinajstić information content (AvgIpc) is 3.06. The van der Waals surface area contributed by atoms with Gasteiger partial charge in [-0.2, -0.15) is 0 Å². The molecule has 1 aromatic carbocycles. The Morgan fingerprint density at radius 2 is 2.19 bits per heavy atom. The zero-order valence-corrected chi connectivity index (χ0v) is 8.93. The Labute approximate surface area is 94.2 Å². The first-order valence-corrected chi connectivity index (χ1v) is 5.37. The second-order valence-corrected chi connectivity index (χ2v) is 3.99. The lowest BCUT2D eigenvalue weighted by molar-refractivity contribution is 0.138. The first kappa shape index (κ1) is 11.0. The van der Waals surface area contributed by atoms with Gasteiger partial charge in [0.05, 0.1) is 0 Å². The topological polar surface area (TPSA) is 58.6 Å². The number of amides is 1. The number of carbonyl (C=O) groups is 1. The SMILES string of the molecule is O=C(N[C@H]1C[C@H]1CO)OCc1ccccc1. The van der Waals surface area contributed by atoms with Gasteiger partial charge in [-0.15, -0.1) is 0 Å². The van der Waals surface area contributed by atoms with Crippen LogP contribution in [0.15, 0.2) is 30.3 Å². The van der Waals surface area contributed by atoms with Crippen LogP contribution in [-0.4, -0.2) is 23.8 Å². The van der Waals surface area contributed by atoms with E-state index in [1.807, 2.05) is 30.3 Å². The fraction of sp³-hybridized carbons (Fsp3) is 0.417. The molecule has 2 rings (SSSR count). The van der Waals surface area contributed by atoms with E-state index in [1.165, 1.54) is 0 Å². The van der Waals surface area contributed by atoms with Crippen molar-refractivity contribution >= 4 is 6.09 Å². The van der Waals surface area contributed by atoms with Gasteiger partial charge in [0.1, 0.15) is 6.61 Å². The number of nitrogens with one attached hydrogen (secondary N) is 1. The van der Waals surface area contributed by atoms with Crippen LogP contribution in [0.5, 0.6) is 0 Å². The number of benzene rings is 1. The van der Waals surface area contributed by atoms with Gasteiger partial charge in [-0.05, 0) is 12.0 Å². The summed E-state index contributed by atoms with van der Waals surface area (Å²) in [6.07, 6.45) is 0.432. The molecule has 4 heteroatoms. The highest BCUT2D eigenvalue weighted by Crippen LogP contribution is 2.29. The van der Waals surface area contributed by atoms with Gasteiger partial charge < -0.3 is 15.2 Å². The van der Waals surface area contributed by atoms with Crippen molar-refractivity contribution in [3.05, 3.63) is 35.9 Å². The van der Waals surface area contributed by atoms with Gasteiger partial charge in [0.2, 0.25) is 0 Å². The normalized spacial score (nSPS) is 22.6. The maximum absolute atomic E-state index is 11.3. The Morgan fingerprint density at radius 1 is 1.44 bits per heavy atom. The number of rotatable bonds is 4. The standard InChI is InChI=1S/C12H15NO3/c14-7-10-6-11(10)13-12(15)16-8-9-4-2-1-3-5-9/h1-5,10-11,14H,6-8H2,(H,13,15)/t10-,11-/m0/s1. The van der Waals surface area contributed by atoms with E-state index < -0.39 is 6.09 Å². The van der Waals surface area contributed by atoms with Gasteiger partial charge in [-0.3, -0.25) is 0 Å². The van der Waals surface area contributed by atoms with Gasteiger partial charge in [-0.25, -0.2) is 4.79 Å². The van der Waals surface area contributed by atoms with Gasteiger partial charge in [0.15, 0.2) is 0 Å². The first-order valence-electron chi connectivity index (χ1n) is 5.37. The van der Waals surface area contributed by atoms with Crippen LogP contribution in [0.3, 0.4) is 0 Å². The molecule has 1 aliphatic carbocycles.